The Labute approximate surface area is 165 Å². The van der Waals surface area contributed by atoms with Crippen LogP contribution in [0.5, 0.6) is 11.5 Å². The van der Waals surface area contributed by atoms with Gasteiger partial charge in [0.2, 0.25) is 0 Å². The molecular formula is C22H26N2O4. The zero-order chi connectivity index (χ0) is 19.9. The second-order valence-electron chi connectivity index (χ2n) is 6.90. The number of ether oxygens (including phenoxy) is 2. The Bertz CT molecular complexity index is 820. The highest BCUT2D eigenvalue weighted by atomic mass is 16.5. The van der Waals surface area contributed by atoms with Crippen LogP contribution in [0, 0.1) is 0 Å². The number of para-hydroxylation sites is 1. The Balaban J connectivity index is 1.55. The maximum atomic E-state index is 12.4. The zero-order valence-electron chi connectivity index (χ0n) is 16.3. The van der Waals surface area contributed by atoms with Crippen molar-refractivity contribution in [2.45, 2.75) is 32.2 Å². The SMILES string of the molecule is COc1ccccc1C(=O)Nc1ccc(OCC(=O)N2CCCC[C@@H]2C)cc1. The van der Waals surface area contributed by atoms with Crippen LogP contribution in [0.2, 0.25) is 0 Å². The second kappa shape index (κ2) is 9.26. The Morgan fingerprint density at radius 2 is 1.86 bits per heavy atom. The molecule has 6 nitrogen and oxygen atoms in total. The molecule has 0 aromatic heterocycles. The molecule has 1 N–H and O–H groups in total. The average molecular weight is 382 g/mol. The van der Waals surface area contributed by atoms with Crippen LogP contribution in [-0.4, -0.2) is 43.0 Å². The molecule has 1 heterocycles. The first-order valence-corrected chi connectivity index (χ1v) is 9.55. The van der Waals surface area contributed by atoms with Gasteiger partial charge in [-0.2, -0.15) is 0 Å². The maximum Gasteiger partial charge on any atom is 0.260 e. The third-order valence-electron chi connectivity index (χ3n) is 4.95. The quantitative estimate of drug-likeness (QED) is 0.827. The first kappa shape index (κ1) is 19.7. The number of anilines is 1. The van der Waals surface area contributed by atoms with Crippen molar-refractivity contribution in [3.63, 3.8) is 0 Å². The summed E-state index contributed by atoms with van der Waals surface area (Å²) in [4.78, 5) is 26.7. The molecule has 1 atom stereocenters. The molecular weight excluding hydrogens is 356 g/mol. The summed E-state index contributed by atoms with van der Waals surface area (Å²) in [5.74, 6) is 0.875. The summed E-state index contributed by atoms with van der Waals surface area (Å²) in [6.07, 6.45) is 3.27. The van der Waals surface area contributed by atoms with E-state index in [1.165, 1.54) is 13.5 Å². The van der Waals surface area contributed by atoms with Crippen LogP contribution in [0.1, 0.15) is 36.5 Å². The second-order valence-corrected chi connectivity index (χ2v) is 6.90. The number of methoxy groups -OCH3 is 1. The minimum Gasteiger partial charge on any atom is -0.496 e. The van der Waals surface area contributed by atoms with Gasteiger partial charge >= 0.3 is 0 Å². The third kappa shape index (κ3) is 4.82. The van der Waals surface area contributed by atoms with Crippen LogP contribution in [0.25, 0.3) is 0 Å². The highest BCUT2D eigenvalue weighted by molar-refractivity contribution is 6.06. The minimum atomic E-state index is -0.250. The van der Waals surface area contributed by atoms with Gasteiger partial charge in [-0.25, -0.2) is 0 Å². The molecule has 2 aromatic carbocycles. The van der Waals surface area contributed by atoms with E-state index < -0.39 is 0 Å². The molecule has 3 rings (SSSR count). The molecule has 6 heteroatoms. The van der Waals surface area contributed by atoms with Crippen molar-refractivity contribution in [3.05, 3.63) is 54.1 Å². The first-order valence-electron chi connectivity index (χ1n) is 9.55. The van der Waals surface area contributed by atoms with Gasteiger partial charge < -0.3 is 19.7 Å². The van der Waals surface area contributed by atoms with E-state index in [9.17, 15) is 9.59 Å². The van der Waals surface area contributed by atoms with Crippen molar-refractivity contribution in [2.75, 3.05) is 25.6 Å². The normalized spacial score (nSPS) is 16.4. The van der Waals surface area contributed by atoms with E-state index in [-0.39, 0.29) is 24.5 Å². The zero-order valence-corrected chi connectivity index (χ0v) is 16.3. The van der Waals surface area contributed by atoms with Crippen molar-refractivity contribution < 1.29 is 19.1 Å². The minimum absolute atomic E-state index is 0.0146. The van der Waals surface area contributed by atoms with Crippen LogP contribution >= 0.6 is 0 Å². The standard InChI is InChI=1S/C22H26N2O4/c1-16-7-5-6-14-24(16)21(25)15-28-18-12-10-17(11-13-18)23-22(26)19-8-3-4-9-20(19)27-2/h3-4,8-13,16H,5-7,14-15H2,1-2H3,(H,23,26)/t16-/m0/s1. The number of nitrogens with zero attached hydrogens (tertiary/aromatic N) is 1. The number of likely N-dealkylation sites (tertiary alicyclic amines) is 1. The fourth-order valence-electron chi connectivity index (χ4n) is 3.36. The molecule has 0 radical (unpaired) electrons. The number of carbonyl (C=O) groups is 2. The van der Waals surface area contributed by atoms with E-state index in [0.29, 0.717) is 22.7 Å². The summed E-state index contributed by atoms with van der Waals surface area (Å²) in [6.45, 7) is 2.91. The lowest BCUT2D eigenvalue weighted by molar-refractivity contribution is -0.136. The molecule has 0 aliphatic carbocycles. The predicted molar refractivity (Wildman–Crippen MR) is 108 cm³/mol. The molecule has 0 unspecified atom stereocenters. The molecule has 28 heavy (non-hydrogen) atoms. The van der Waals surface area contributed by atoms with Gasteiger partial charge in [0.25, 0.3) is 11.8 Å². The van der Waals surface area contributed by atoms with Crippen LogP contribution in [0.3, 0.4) is 0 Å². The van der Waals surface area contributed by atoms with Gasteiger partial charge in [-0.1, -0.05) is 12.1 Å². The van der Waals surface area contributed by atoms with E-state index in [0.717, 1.165) is 19.4 Å². The van der Waals surface area contributed by atoms with Gasteiger partial charge in [0, 0.05) is 18.3 Å². The van der Waals surface area contributed by atoms with E-state index in [1.54, 1.807) is 42.5 Å². The van der Waals surface area contributed by atoms with E-state index in [1.807, 2.05) is 11.0 Å². The number of piperidine rings is 1. The van der Waals surface area contributed by atoms with Crippen molar-refractivity contribution in [1.29, 1.82) is 0 Å². The topological polar surface area (TPSA) is 67.9 Å². The van der Waals surface area contributed by atoms with E-state index in [2.05, 4.69) is 12.2 Å². The Hall–Kier alpha value is -3.02. The fourth-order valence-corrected chi connectivity index (χ4v) is 3.36. The lowest BCUT2D eigenvalue weighted by Gasteiger charge is -2.33. The summed E-state index contributed by atoms with van der Waals surface area (Å²) in [7, 11) is 1.53. The summed E-state index contributed by atoms with van der Waals surface area (Å²) in [5.41, 5.74) is 1.10. The van der Waals surface area contributed by atoms with Crippen molar-refractivity contribution in [1.82, 2.24) is 4.90 Å². The number of amides is 2. The van der Waals surface area contributed by atoms with E-state index >= 15 is 0 Å². The molecule has 0 bridgehead atoms. The largest absolute Gasteiger partial charge is 0.496 e. The van der Waals surface area contributed by atoms with Crippen LogP contribution in [-0.2, 0) is 4.79 Å². The molecule has 1 aliphatic rings. The average Bonchev–Trinajstić information content (AvgIpc) is 2.73. The molecule has 1 aliphatic heterocycles. The molecule has 1 saturated heterocycles. The number of carbonyl (C=O) groups excluding carboxylic acids is 2. The van der Waals surface area contributed by atoms with Gasteiger partial charge in [-0.3, -0.25) is 9.59 Å². The molecule has 0 saturated carbocycles. The number of rotatable bonds is 6. The summed E-state index contributed by atoms with van der Waals surface area (Å²) in [6, 6.07) is 14.3. The summed E-state index contributed by atoms with van der Waals surface area (Å²) >= 11 is 0. The first-order chi connectivity index (χ1) is 13.6. The molecule has 1 fully saturated rings. The van der Waals surface area contributed by atoms with Crippen molar-refractivity contribution in [3.8, 4) is 11.5 Å². The monoisotopic (exact) mass is 382 g/mol. The van der Waals surface area contributed by atoms with Gasteiger partial charge in [0.05, 0.1) is 12.7 Å². The van der Waals surface area contributed by atoms with Gasteiger partial charge in [0.1, 0.15) is 11.5 Å². The van der Waals surface area contributed by atoms with Gasteiger partial charge in [-0.05, 0) is 62.6 Å². The molecule has 2 aromatic rings. The third-order valence-corrected chi connectivity index (χ3v) is 4.95. The summed E-state index contributed by atoms with van der Waals surface area (Å²) < 4.78 is 10.8. The summed E-state index contributed by atoms with van der Waals surface area (Å²) in [5, 5.41) is 2.83. The fraction of sp³-hybridized carbons (Fsp3) is 0.364. The highest BCUT2D eigenvalue weighted by Gasteiger charge is 2.23. The molecule has 2 amide bonds. The van der Waals surface area contributed by atoms with Crippen LogP contribution in [0.15, 0.2) is 48.5 Å². The van der Waals surface area contributed by atoms with Crippen LogP contribution in [0.4, 0.5) is 5.69 Å². The van der Waals surface area contributed by atoms with Crippen molar-refractivity contribution >= 4 is 17.5 Å². The van der Waals surface area contributed by atoms with Crippen molar-refractivity contribution in [2.24, 2.45) is 0 Å². The Morgan fingerprint density at radius 1 is 1.11 bits per heavy atom. The van der Waals surface area contributed by atoms with Gasteiger partial charge in [0.15, 0.2) is 6.61 Å². The number of benzene rings is 2. The van der Waals surface area contributed by atoms with Crippen LogP contribution < -0.4 is 14.8 Å². The lowest BCUT2D eigenvalue weighted by Crippen LogP contribution is -2.44. The Kier molecular flexibility index (Phi) is 6.53. The lowest BCUT2D eigenvalue weighted by atomic mass is 10.0. The predicted octanol–water partition coefficient (Wildman–Crippen LogP) is 3.73. The molecule has 148 valence electrons. The number of hydrogen-bond donors (Lipinski definition) is 1. The van der Waals surface area contributed by atoms with E-state index in [4.69, 9.17) is 9.47 Å². The smallest absolute Gasteiger partial charge is 0.260 e. The highest BCUT2D eigenvalue weighted by Crippen LogP contribution is 2.21. The van der Waals surface area contributed by atoms with Gasteiger partial charge in [-0.15, -0.1) is 0 Å². The maximum absolute atomic E-state index is 12.4. The number of nitrogens with one attached hydrogen (secondary N) is 1. The molecule has 0 spiro atoms. The number of hydrogen-bond acceptors (Lipinski definition) is 4. The Morgan fingerprint density at radius 3 is 2.57 bits per heavy atom.